The maximum Gasteiger partial charge on any atom is 0.331 e. The second-order valence-electron chi connectivity index (χ2n) is 3.66. The summed E-state index contributed by atoms with van der Waals surface area (Å²) >= 11 is 5.94. The van der Waals surface area contributed by atoms with Gasteiger partial charge in [0.1, 0.15) is 5.75 Å². The van der Waals surface area contributed by atoms with Gasteiger partial charge in [-0.15, -0.1) is 0 Å². The molecular formula is C13H13ClO3. The molecular weight excluding hydrogens is 240 g/mol. The standard InChI is InChI=1S/C13H13ClO3/c1-2-16-13(15)7-9-5-6-17-12-4-3-10(14)8-11(9)12/h3-4,7-8H,2,5-6H2,1H3/b9-7-. The summed E-state index contributed by atoms with van der Waals surface area (Å²) in [5.41, 5.74) is 1.78. The molecule has 0 saturated carbocycles. The minimum Gasteiger partial charge on any atom is -0.493 e. The van der Waals surface area contributed by atoms with Crippen molar-refractivity contribution in [1.82, 2.24) is 0 Å². The van der Waals surface area contributed by atoms with Crippen molar-refractivity contribution in [2.75, 3.05) is 13.2 Å². The van der Waals surface area contributed by atoms with E-state index >= 15 is 0 Å². The molecule has 0 radical (unpaired) electrons. The van der Waals surface area contributed by atoms with E-state index in [4.69, 9.17) is 21.1 Å². The topological polar surface area (TPSA) is 35.5 Å². The molecule has 1 aromatic carbocycles. The van der Waals surface area contributed by atoms with Crippen molar-refractivity contribution >= 4 is 23.1 Å². The van der Waals surface area contributed by atoms with E-state index in [-0.39, 0.29) is 5.97 Å². The Morgan fingerprint density at radius 1 is 1.59 bits per heavy atom. The van der Waals surface area contributed by atoms with Crippen LogP contribution in [0.5, 0.6) is 5.75 Å². The van der Waals surface area contributed by atoms with Gasteiger partial charge in [-0.05, 0) is 30.7 Å². The summed E-state index contributed by atoms with van der Waals surface area (Å²) in [4.78, 5) is 11.4. The van der Waals surface area contributed by atoms with Crippen LogP contribution >= 0.6 is 11.6 Å². The number of hydrogen-bond acceptors (Lipinski definition) is 3. The Labute approximate surface area is 105 Å². The summed E-state index contributed by atoms with van der Waals surface area (Å²) < 4.78 is 10.4. The van der Waals surface area contributed by atoms with Crippen LogP contribution in [-0.2, 0) is 9.53 Å². The van der Waals surface area contributed by atoms with Crippen LogP contribution in [0.2, 0.25) is 5.02 Å². The number of halogens is 1. The second kappa shape index (κ2) is 5.23. The number of fused-ring (bicyclic) bond motifs is 1. The van der Waals surface area contributed by atoms with Crippen molar-refractivity contribution in [1.29, 1.82) is 0 Å². The lowest BCUT2D eigenvalue weighted by Gasteiger charge is -2.20. The monoisotopic (exact) mass is 252 g/mol. The Bertz CT molecular complexity index is 466. The van der Waals surface area contributed by atoms with E-state index in [1.807, 2.05) is 6.07 Å². The lowest BCUT2D eigenvalue weighted by molar-refractivity contribution is -0.137. The molecule has 0 bridgehead atoms. The first-order valence-electron chi connectivity index (χ1n) is 5.50. The van der Waals surface area contributed by atoms with Gasteiger partial charge >= 0.3 is 5.97 Å². The minimum atomic E-state index is -0.324. The number of esters is 1. The normalized spacial score (nSPS) is 16.2. The smallest absolute Gasteiger partial charge is 0.331 e. The number of ether oxygens (including phenoxy) is 2. The quantitative estimate of drug-likeness (QED) is 0.599. The van der Waals surface area contributed by atoms with Crippen LogP contribution in [0.4, 0.5) is 0 Å². The molecule has 0 spiro atoms. The van der Waals surface area contributed by atoms with Crippen molar-refractivity contribution in [3.63, 3.8) is 0 Å². The van der Waals surface area contributed by atoms with E-state index in [9.17, 15) is 4.79 Å². The van der Waals surface area contributed by atoms with E-state index in [1.165, 1.54) is 6.08 Å². The molecule has 0 saturated heterocycles. The number of rotatable bonds is 2. The SMILES string of the molecule is CCOC(=O)/C=C1/CCOc2ccc(Cl)cc21. The minimum absolute atomic E-state index is 0.324. The zero-order chi connectivity index (χ0) is 12.3. The predicted octanol–water partition coefficient (Wildman–Crippen LogP) is 3.07. The van der Waals surface area contributed by atoms with Gasteiger partial charge in [0.05, 0.1) is 13.2 Å². The Hall–Kier alpha value is -1.48. The summed E-state index contributed by atoms with van der Waals surface area (Å²) in [7, 11) is 0. The van der Waals surface area contributed by atoms with Crippen LogP contribution in [0.15, 0.2) is 24.3 Å². The Balaban J connectivity index is 2.33. The maximum atomic E-state index is 11.4. The van der Waals surface area contributed by atoms with Gasteiger partial charge in [-0.25, -0.2) is 4.79 Å². The van der Waals surface area contributed by atoms with Crippen molar-refractivity contribution in [3.8, 4) is 5.75 Å². The molecule has 0 fully saturated rings. The number of carbonyl (C=O) groups excluding carboxylic acids is 1. The molecule has 0 aromatic heterocycles. The van der Waals surface area contributed by atoms with E-state index in [0.29, 0.717) is 24.7 Å². The van der Waals surface area contributed by atoms with Crippen LogP contribution in [0.1, 0.15) is 18.9 Å². The van der Waals surface area contributed by atoms with Crippen molar-refractivity contribution < 1.29 is 14.3 Å². The molecule has 0 aliphatic carbocycles. The van der Waals surface area contributed by atoms with E-state index in [0.717, 1.165) is 16.9 Å². The third-order valence-electron chi connectivity index (χ3n) is 2.50. The van der Waals surface area contributed by atoms with Crippen molar-refractivity contribution in [2.45, 2.75) is 13.3 Å². The van der Waals surface area contributed by atoms with Gasteiger partial charge in [-0.2, -0.15) is 0 Å². The molecule has 17 heavy (non-hydrogen) atoms. The van der Waals surface area contributed by atoms with Crippen LogP contribution in [0, 0.1) is 0 Å². The molecule has 0 atom stereocenters. The fourth-order valence-corrected chi connectivity index (χ4v) is 1.93. The average Bonchev–Trinajstić information content (AvgIpc) is 2.30. The molecule has 90 valence electrons. The van der Waals surface area contributed by atoms with Gasteiger partial charge in [0.2, 0.25) is 0 Å². The van der Waals surface area contributed by atoms with Gasteiger partial charge in [0, 0.05) is 23.1 Å². The van der Waals surface area contributed by atoms with Crippen molar-refractivity contribution in [2.24, 2.45) is 0 Å². The summed E-state index contributed by atoms with van der Waals surface area (Å²) in [5.74, 6) is 0.437. The predicted molar refractivity (Wildman–Crippen MR) is 66.2 cm³/mol. The zero-order valence-electron chi connectivity index (χ0n) is 9.53. The Morgan fingerprint density at radius 3 is 3.18 bits per heavy atom. The molecule has 1 aliphatic rings. The Morgan fingerprint density at radius 2 is 2.41 bits per heavy atom. The highest BCUT2D eigenvalue weighted by Crippen LogP contribution is 2.34. The number of hydrogen-bond donors (Lipinski definition) is 0. The van der Waals surface area contributed by atoms with Gasteiger partial charge in [-0.1, -0.05) is 11.6 Å². The molecule has 2 rings (SSSR count). The average molecular weight is 253 g/mol. The molecule has 1 heterocycles. The summed E-state index contributed by atoms with van der Waals surface area (Å²) in [6, 6.07) is 5.39. The van der Waals surface area contributed by atoms with Crippen LogP contribution < -0.4 is 4.74 Å². The summed E-state index contributed by atoms with van der Waals surface area (Å²) in [5, 5.41) is 0.629. The molecule has 1 aliphatic heterocycles. The van der Waals surface area contributed by atoms with Gasteiger partial charge < -0.3 is 9.47 Å². The highest BCUT2D eigenvalue weighted by molar-refractivity contribution is 6.30. The van der Waals surface area contributed by atoms with Crippen LogP contribution in [-0.4, -0.2) is 19.2 Å². The maximum absolute atomic E-state index is 11.4. The lowest BCUT2D eigenvalue weighted by atomic mass is 9.99. The highest BCUT2D eigenvalue weighted by Gasteiger charge is 2.16. The zero-order valence-corrected chi connectivity index (χ0v) is 10.3. The Kier molecular flexibility index (Phi) is 3.69. The number of benzene rings is 1. The third kappa shape index (κ3) is 2.80. The number of carbonyl (C=O) groups is 1. The fraction of sp³-hybridized carbons (Fsp3) is 0.308. The molecule has 1 aromatic rings. The van der Waals surface area contributed by atoms with Crippen LogP contribution in [0.3, 0.4) is 0 Å². The molecule has 4 heteroatoms. The largest absolute Gasteiger partial charge is 0.493 e. The molecule has 0 unspecified atom stereocenters. The fourth-order valence-electron chi connectivity index (χ4n) is 1.76. The van der Waals surface area contributed by atoms with Crippen molar-refractivity contribution in [3.05, 3.63) is 34.9 Å². The third-order valence-corrected chi connectivity index (χ3v) is 2.73. The van der Waals surface area contributed by atoms with Crippen LogP contribution in [0.25, 0.3) is 5.57 Å². The molecule has 0 amide bonds. The highest BCUT2D eigenvalue weighted by atomic mass is 35.5. The molecule has 0 N–H and O–H groups in total. The second-order valence-corrected chi connectivity index (χ2v) is 4.10. The lowest BCUT2D eigenvalue weighted by Crippen LogP contribution is -2.09. The molecule has 3 nitrogen and oxygen atoms in total. The summed E-state index contributed by atoms with van der Waals surface area (Å²) in [6.45, 7) is 2.73. The van der Waals surface area contributed by atoms with Gasteiger partial charge in [0.15, 0.2) is 0 Å². The summed E-state index contributed by atoms with van der Waals surface area (Å²) in [6.07, 6.45) is 2.20. The van der Waals surface area contributed by atoms with E-state index in [1.54, 1.807) is 19.1 Å². The van der Waals surface area contributed by atoms with Gasteiger partial charge in [0.25, 0.3) is 0 Å². The first-order valence-corrected chi connectivity index (χ1v) is 5.88. The first kappa shape index (κ1) is 12.0. The van der Waals surface area contributed by atoms with Gasteiger partial charge in [-0.3, -0.25) is 0 Å². The van der Waals surface area contributed by atoms with E-state index in [2.05, 4.69) is 0 Å². The van der Waals surface area contributed by atoms with E-state index < -0.39 is 0 Å². The first-order chi connectivity index (χ1) is 8.20.